The molecular weight excluding hydrogens is 368 g/mol. The fraction of sp³-hybridized carbons (Fsp3) is 0.579. The summed E-state index contributed by atoms with van der Waals surface area (Å²) in [4.78, 5) is 34.3. The number of aryl methyl sites for hydroxylation is 1. The summed E-state index contributed by atoms with van der Waals surface area (Å²) in [6, 6.07) is 1.52. The molecule has 3 rings (SSSR count). The molecule has 2 aromatic heterocycles. The van der Waals surface area contributed by atoms with Crippen LogP contribution in [-0.4, -0.2) is 42.2 Å². The van der Waals surface area contributed by atoms with Crippen LogP contribution >= 0.6 is 11.6 Å². The van der Waals surface area contributed by atoms with Crippen LogP contribution < -0.4 is 5.56 Å². The molecule has 0 spiro atoms. The molecule has 0 radical (unpaired) electrons. The minimum atomic E-state index is -0.900. The number of halogens is 1. The van der Waals surface area contributed by atoms with Gasteiger partial charge in [-0.25, -0.2) is 9.78 Å². The van der Waals surface area contributed by atoms with Crippen molar-refractivity contribution in [3.05, 3.63) is 33.5 Å². The predicted molar refractivity (Wildman–Crippen MR) is 104 cm³/mol. The molecule has 0 atom stereocenters. The highest BCUT2D eigenvalue weighted by atomic mass is 35.5. The summed E-state index contributed by atoms with van der Waals surface area (Å²) in [5, 5.41) is 10.5. The van der Waals surface area contributed by atoms with Crippen LogP contribution in [0, 0.1) is 6.92 Å². The van der Waals surface area contributed by atoms with Gasteiger partial charge in [0.2, 0.25) is 5.28 Å². The van der Waals surface area contributed by atoms with Gasteiger partial charge in [0.05, 0.1) is 0 Å². The lowest BCUT2D eigenvalue weighted by Crippen LogP contribution is -2.52. The molecule has 0 aromatic carbocycles. The number of nitrogens with zero attached hydrogens (tertiary/aromatic N) is 4. The first-order chi connectivity index (χ1) is 12.6. The highest BCUT2D eigenvalue weighted by Gasteiger charge is 2.36. The number of carbonyl (C=O) groups is 1. The standard InChI is InChI=1S/C19H25ClN4O3/c1-11-9-15(25)23(16-14(11)10-21-17(20)22-16)12-5-7-13(8-6-12)24(18(26)27)19(2,3)4/h9-10,12-13H,5-8H2,1-4H3,(H,26,27). The Kier molecular flexibility index (Phi) is 5.16. The molecule has 1 saturated carbocycles. The van der Waals surface area contributed by atoms with E-state index in [-0.39, 0.29) is 22.9 Å². The number of carboxylic acid groups (broad SMARTS) is 1. The molecule has 0 unspecified atom stereocenters. The Bertz CT molecular complexity index is 927. The highest BCUT2D eigenvalue weighted by Crippen LogP contribution is 2.34. The van der Waals surface area contributed by atoms with Gasteiger partial charge in [-0.1, -0.05) is 0 Å². The number of fused-ring (bicyclic) bond motifs is 1. The SMILES string of the molecule is Cc1cc(=O)n(C2CCC(N(C(=O)O)C(C)(C)C)CC2)c2nc(Cl)ncc12. The van der Waals surface area contributed by atoms with Crippen molar-refractivity contribution < 1.29 is 9.90 Å². The summed E-state index contributed by atoms with van der Waals surface area (Å²) in [5.41, 5.74) is 0.803. The van der Waals surface area contributed by atoms with Gasteiger partial charge >= 0.3 is 6.09 Å². The molecule has 0 aliphatic heterocycles. The summed E-state index contributed by atoms with van der Waals surface area (Å²) in [7, 11) is 0. The van der Waals surface area contributed by atoms with E-state index >= 15 is 0 Å². The van der Waals surface area contributed by atoms with Gasteiger partial charge in [0.25, 0.3) is 5.56 Å². The zero-order valence-corrected chi connectivity index (χ0v) is 16.8. The number of aromatic nitrogens is 3. The lowest BCUT2D eigenvalue weighted by atomic mass is 9.87. The van der Waals surface area contributed by atoms with E-state index in [4.69, 9.17) is 11.6 Å². The van der Waals surface area contributed by atoms with Crippen LogP contribution in [0.2, 0.25) is 5.28 Å². The summed E-state index contributed by atoms with van der Waals surface area (Å²) < 4.78 is 1.70. The van der Waals surface area contributed by atoms with E-state index in [2.05, 4.69) is 9.97 Å². The molecule has 0 saturated heterocycles. The number of rotatable bonds is 2. The van der Waals surface area contributed by atoms with Crippen molar-refractivity contribution in [1.82, 2.24) is 19.4 Å². The van der Waals surface area contributed by atoms with Crippen molar-refractivity contribution in [2.24, 2.45) is 0 Å². The molecule has 2 heterocycles. The van der Waals surface area contributed by atoms with Gasteiger partial charge in [0, 0.05) is 35.3 Å². The van der Waals surface area contributed by atoms with Gasteiger partial charge in [-0.2, -0.15) is 4.98 Å². The Labute approximate surface area is 163 Å². The Morgan fingerprint density at radius 2 is 1.93 bits per heavy atom. The molecule has 146 valence electrons. The van der Waals surface area contributed by atoms with Crippen molar-refractivity contribution in [1.29, 1.82) is 0 Å². The van der Waals surface area contributed by atoms with Crippen molar-refractivity contribution in [3.63, 3.8) is 0 Å². The maximum absolute atomic E-state index is 12.7. The van der Waals surface area contributed by atoms with Gasteiger partial charge in [0.1, 0.15) is 5.65 Å². The van der Waals surface area contributed by atoms with Crippen LogP contribution in [0.25, 0.3) is 11.0 Å². The maximum Gasteiger partial charge on any atom is 0.407 e. The molecule has 27 heavy (non-hydrogen) atoms. The molecule has 1 aliphatic rings. The summed E-state index contributed by atoms with van der Waals surface area (Å²) in [5.74, 6) is 0. The minimum absolute atomic E-state index is 0.0292. The Morgan fingerprint density at radius 3 is 2.48 bits per heavy atom. The molecule has 1 amide bonds. The first kappa shape index (κ1) is 19.6. The normalized spacial score (nSPS) is 20.6. The summed E-state index contributed by atoms with van der Waals surface area (Å²) >= 11 is 5.97. The summed E-state index contributed by atoms with van der Waals surface area (Å²) in [6.45, 7) is 7.58. The van der Waals surface area contributed by atoms with Gasteiger partial charge in [-0.3, -0.25) is 9.36 Å². The van der Waals surface area contributed by atoms with Crippen molar-refractivity contribution in [2.45, 2.75) is 71.0 Å². The maximum atomic E-state index is 12.7. The third-order valence-electron chi connectivity index (χ3n) is 5.29. The first-order valence-corrected chi connectivity index (χ1v) is 9.54. The zero-order valence-electron chi connectivity index (χ0n) is 16.1. The Morgan fingerprint density at radius 1 is 1.30 bits per heavy atom. The molecule has 0 bridgehead atoms. The lowest BCUT2D eigenvalue weighted by Gasteiger charge is -2.43. The second-order valence-corrected chi connectivity index (χ2v) is 8.54. The fourth-order valence-electron chi connectivity index (χ4n) is 4.17. The van der Waals surface area contributed by atoms with Crippen LogP contribution in [0.3, 0.4) is 0 Å². The first-order valence-electron chi connectivity index (χ1n) is 9.16. The third kappa shape index (κ3) is 3.78. The van der Waals surface area contributed by atoms with Gasteiger partial charge in [-0.15, -0.1) is 0 Å². The highest BCUT2D eigenvalue weighted by molar-refractivity contribution is 6.28. The minimum Gasteiger partial charge on any atom is -0.465 e. The third-order valence-corrected chi connectivity index (χ3v) is 5.48. The fourth-order valence-corrected chi connectivity index (χ4v) is 4.30. The van der Waals surface area contributed by atoms with E-state index in [0.717, 1.165) is 10.9 Å². The largest absolute Gasteiger partial charge is 0.465 e. The van der Waals surface area contributed by atoms with Crippen LogP contribution in [-0.2, 0) is 0 Å². The second kappa shape index (κ2) is 7.11. The van der Waals surface area contributed by atoms with Crippen molar-refractivity contribution >= 4 is 28.7 Å². The zero-order chi connectivity index (χ0) is 19.9. The van der Waals surface area contributed by atoms with E-state index in [9.17, 15) is 14.7 Å². The summed E-state index contributed by atoms with van der Waals surface area (Å²) in [6.07, 6.45) is 3.58. The van der Waals surface area contributed by atoms with Gasteiger partial charge in [-0.05, 0) is 70.5 Å². The van der Waals surface area contributed by atoms with E-state index in [0.29, 0.717) is 31.3 Å². The van der Waals surface area contributed by atoms with E-state index in [1.165, 1.54) is 4.90 Å². The predicted octanol–water partition coefficient (Wildman–Crippen LogP) is 4.02. The average Bonchev–Trinajstić information content (AvgIpc) is 2.54. The van der Waals surface area contributed by atoms with Crippen LogP contribution in [0.5, 0.6) is 0 Å². The number of hydrogen-bond acceptors (Lipinski definition) is 4. The molecular formula is C19H25ClN4O3. The van der Waals surface area contributed by atoms with E-state index in [1.807, 2.05) is 27.7 Å². The number of amides is 1. The van der Waals surface area contributed by atoms with Crippen LogP contribution in [0.1, 0.15) is 58.1 Å². The molecule has 2 aromatic rings. The van der Waals surface area contributed by atoms with Crippen molar-refractivity contribution in [3.8, 4) is 0 Å². The van der Waals surface area contributed by atoms with Crippen LogP contribution in [0.15, 0.2) is 17.1 Å². The van der Waals surface area contributed by atoms with Crippen molar-refractivity contribution in [2.75, 3.05) is 0 Å². The molecule has 1 N–H and O–H groups in total. The second-order valence-electron chi connectivity index (χ2n) is 8.20. The topological polar surface area (TPSA) is 88.3 Å². The Hall–Kier alpha value is -2.15. The van der Waals surface area contributed by atoms with Crippen LogP contribution in [0.4, 0.5) is 4.79 Å². The smallest absolute Gasteiger partial charge is 0.407 e. The Balaban J connectivity index is 1.92. The average molecular weight is 393 g/mol. The monoisotopic (exact) mass is 392 g/mol. The molecule has 1 aliphatic carbocycles. The lowest BCUT2D eigenvalue weighted by molar-refractivity contribution is 0.0512. The number of hydrogen-bond donors (Lipinski definition) is 1. The molecule has 7 nitrogen and oxygen atoms in total. The molecule has 8 heteroatoms. The molecule has 1 fully saturated rings. The van der Waals surface area contributed by atoms with Gasteiger partial charge in [0.15, 0.2) is 0 Å². The van der Waals surface area contributed by atoms with E-state index in [1.54, 1.807) is 16.8 Å². The quantitative estimate of drug-likeness (QED) is 0.780. The number of pyridine rings is 1. The van der Waals surface area contributed by atoms with E-state index < -0.39 is 11.6 Å². The van der Waals surface area contributed by atoms with Gasteiger partial charge < -0.3 is 10.0 Å².